The maximum absolute atomic E-state index is 12.6. The van der Waals surface area contributed by atoms with Crippen molar-refractivity contribution in [3.05, 3.63) is 35.4 Å². The number of carbonyl (C=O) groups is 1. The van der Waals surface area contributed by atoms with Crippen LogP contribution in [-0.2, 0) is 6.42 Å². The number of rotatable bonds is 7. The molecule has 0 radical (unpaired) electrons. The first-order valence-corrected chi connectivity index (χ1v) is 8.82. The van der Waals surface area contributed by atoms with Crippen molar-refractivity contribution in [2.24, 2.45) is 11.8 Å². The molecule has 23 heavy (non-hydrogen) atoms. The number of piperidine rings is 1. The number of Topliss-reactive ketones (excluding diaryl/α,β-unsaturated/α-hetero) is 1. The number of ketones is 1. The van der Waals surface area contributed by atoms with Gasteiger partial charge in [0.05, 0.1) is 6.07 Å². The van der Waals surface area contributed by atoms with Gasteiger partial charge in [-0.2, -0.15) is 5.26 Å². The average Bonchev–Trinajstić information content (AvgIpc) is 2.55. The molecule has 1 aromatic carbocycles. The van der Waals surface area contributed by atoms with Gasteiger partial charge in [0.1, 0.15) is 0 Å². The Labute approximate surface area is 140 Å². The highest BCUT2D eigenvalue weighted by Gasteiger charge is 2.25. The molecule has 1 aromatic rings. The molecule has 0 aromatic heterocycles. The smallest absolute Gasteiger partial charge is 0.166 e. The van der Waals surface area contributed by atoms with Crippen LogP contribution in [0.4, 0.5) is 0 Å². The van der Waals surface area contributed by atoms with Crippen molar-refractivity contribution in [1.29, 1.82) is 5.26 Å². The summed E-state index contributed by atoms with van der Waals surface area (Å²) in [5.41, 5.74) is 2.17. The molecule has 2 rings (SSSR count). The standard InChI is InChI=1S/C20H28N2O/c1-16(2)15-17-5-7-18(8-6-17)20(23)19-9-13-22(14-10-19)12-4-3-11-21/h5-8,16,19H,3-4,9-10,12-15H2,1-2H3. The highest BCUT2D eigenvalue weighted by Crippen LogP contribution is 2.22. The van der Waals surface area contributed by atoms with E-state index < -0.39 is 0 Å². The van der Waals surface area contributed by atoms with E-state index in [1.54, 1.807) is 0 Å². The van der Waals surface area contributed by atoms with E-state index in [4.69, 9.17) is 5.26 Å². The molecule has 1 heterocycles. The van der Waals surface area contributed by atoms with Crippen molar-refractivity contribution in [2.45, 2.75) is 46.0 Å². The lowest BCUT2D eigenvalue weighted by atomic mass is 9.88. The Morgan fingerprint density at radius 1 is 1.26 bits per heavy atom. The van der Waals surface area contributed by atoms with E-state index in [1.165, 1.54) is 5.56 Å². The van der Waals surface area contributed by atoms with Crippen LogP contribution in [0, 0.1) is 23.2 Å². The van der Waals surface area contributed by atoms with Gasteiger partial charge in [0.2, 0.25) is 0 Å². The van der Waals surface area contributed by atoms with Gasteiger partial charge in [-0.25, -0.2) is 0 Å². The summed E-state index contributed by atoms with van der Waals surface area (Å²) >= 11 is 0. The molecular formula is C20H28N2O. The summed E-state index contributed by atoms with van der Waals surface area (Å²) in [6.45, 7) is 7.37. The number of hydrogen-bond donors (Lipinski definition) is 0. The summed E-state index contributed by atoms with van der Waals surface area (Å²) in [6.07, 6.45) is 4.52. The number of nitriles is 1. The number of unbranched alkanes of at least 4 members (excludes halogenated alkanes) is 1. The molecule has 1 aliphatic heterocycles. The maximum Gasteiger partial charge on any atom is 0.166 e. The predicted molar refractivity (Wildman–Crippen MR) is 93.3 cm³/mol. The molecule has 0 N–H and O–H groups in total. The predicted octanol–water partition coefficient (Wildman–Crippen LogP) is 4.08. The molecule has 0 bridgehead atoms. The second-order valence-electron chi connectivity index (χ2n) is 7.04. The number of benzene rings is 1. The Balaban J connectivity index is 1.83. The largest absolute Gasteiger partial charge is 0.303 e. The summed E-state index contributed by atoms with van der Waals surface area (Å²) < 4.78 is 0. The van der Waals surface area contributed by atoms with Gasteiger partial charge in [-0.15, -0.1) is 0 Å². The molecule has 0 atom stereocenters. The van der Waals surface area contributed by atoms with Crippen molar-refractivity contribution in [1.82, 2.24) is 4.90 Å². The Morgan fingerprint density at radius 3 is 2.48 bits per heavy atom. The molecule has 0 spiro atoms. The van der Waals surface area contributed by atoms with Crippen molar-refractivity contribution in [2.75, 3.05) is 19.6 Å². The first-order valence-electron chi connectivity index (χ1n) is 8.82. The zero-order valence-electron chi connectivity index (χ0n) is 14.4. The van der Waals surface area contributed by atoms with E-state index in [9.17, 15) is 4.79 Å². The van der Waals surface area contributed by atoms with E-state index in [0.29, 0.717) is 18.1 Å². The van der Waals surface area contributed by atoms with Crippen LogP contribution < -0.4 is 0 Å². The molecular weight excluding hydrogens is 284 g/mol. The lowest BCUT2D eigenvalue weighted by Crippen LogP contribution is -2.36. The molecule has 3 nitrogen and oxygen atoms in total. The monoisotopic (exact) mass is 312 g/mol. The summed E-state index contributed by atoms with van der Waals surface area (Å²) in [6, 6.07) is 10.4. The number of nitrogens with zero attached hydrogens (tertiary/aromatic N) is 2. The highest BCUT2D eigenvalue weighted by molar-refractivity contribution is 5.97. The molecule has 124 valence electrons. The summed E-state index contributed by atoms with van der Waals surface area (Å²) in [5, 5.41) is 8.59. The average molecular weight is 312 g/mol. The first-order chi connectivity index (χ1) is 11.1. The molecule has 1 saturated heterocycles. The van der Waals surface area contributed by atoms with Crippen LogP contribution in [0.1, 0.15) is 55.5 Å². The van der Waals surface area contributed by atoms with Gasteiger partial charge in [-0.05, 0) is 56.8 Å². The van der Waals surface area contributed by atoms with Crippen LogP contribution in [0.3, 0.4) is 0 Å². The van der Waals surface area contributed by atoms with Gasteiger partial charge in [-0.1, -0.05) is 38.1 Å². The van der Waals surface area contributed by atoms with Crippen LogP contribution in [-0.4, -0.2) is 30.3 Å². The van der Waals surface area contributed by atoms with Gasteiger partial charge >= 0.3 is 0 Å². The van der Waals surface area contributed by atoms with Gasteiger partial charge < -0.3 is 4.90 Å². The molecule has 0 saturated carbocycles. The van der Waals surface area contributed by atoms with Gasteiger partial charge in [0.25, 0.3) is 0 Å². The Kier molecular flexibility index (Phi) is 6.80. The fourth-order valence-electron chi connectivity index (χ4n) is 3.31. The first kappa shape index (κ1) is 17.7. The molecule has 3 heteroatoms. The van der Waals surface area contributed by atoms with Crippen molar-refractivity contribution in [3.63, 3.8) is 0 Å². The van der Waals surface area contributed by atoms with Crippen molar-refractivity contribution < 1.29 is 4.79 Å². The number of hydrogen-bond acceptors (Lipinski definition) is 3. The van der Waals surface area contributed by atoms with Crippen LogP contribution >= 0.6 is 0 Å². The third kappa shape index (κ3) is 5.48. The Hall–Kier alpha value is -1.66. The minimum absolute atomic E-state index is 0.165. The van der Waals surface area contributed by atoms with Crippen molar-refractivity contribution >= 4 is 5.78 Å². The maximum atomic E-state index is 12.6. The fraction of sp³-hybridized carbons (Fsp3) is 0.600. The van der Waals surface area contributed by atoms with E-state index >= 15 is 0 Å². The molecule has 0 aliphatic carbocycles. The van der Waals surface area contributed by atoms with Gasteiger partial charge in [-0.3, -0.25) is 4.79 Å². The highest BCUT2D eigenvalue weighted by atomic mass is 16.1. The minimum Gasteiger partial charge on any atom is -0.303 e. The summed E-state index contributed by atoms with van der Waals surface area (Å²) in [5.74, 6) is 1.11. The third-order valence-corrected chi connectivity index (χ3v) is 4.60. The van der Waals surface area contributed by atoms with Gasteiger partial charge in [0.15, 0.2) is 5.78 Å². The lowest BCUT2D eigenvalue weighted by Gasteiger charge is -2.31. The van der Waals surface area contributed by atoms with Gasteiger partial charge in [0, 0.05) is 17.9 Å². The SMILES string of the molecule is CC(C)Cc1ccc(C(=O)C2CCN(CCCC#N)CC2)cc1. The second-order valence-corrected chi connectivity index (χ2v) is 7.04. The third-order valence-electron chi connectivity index (χ3n) is 4.60. The molecule has 1 fully saturated rings. The van der Waals surface area contributed by atoms with Crippen molar-refractivity contribution in [3.8, 4) is 6.07 Å². The topological polar surface area (TPSA) is 44.1 Å². The summed E-state index contributed by atoms with van der Waals surface area (Å²) in [7, 11) is 0. The van der Waals surface area contributed by atoms with E-state index in [0.717, 1.165) is 50.9 Å². The molecule has 1 aliphatic rings. The zero-order chi connectivity index (χ0) is 16.7. The molecule has 0 unspecified atom stereocenters. The summed E-state index contributed by atoms with van der Waals surface area (Å²) in [4.78, 5) is 15.0. The van der Waals surface area contributed by atoms with E-state index in [1.807, 2.05) is 12.1 Å². The lowest BCUT2D eigenvalue weighted by molar-refractivity contribution is 0.0839. The normalized spacial score (nSPS) is 16.4. The zero-order valence-corrected chi connectivity index (χ0v) is 14.4. The fourth-order valence-corrected chi connectivity index (χ4v) is 3.31. The van der Waals surface area contributed by atoms with E-state index in [2.05, 4.69) is 36.9 Å². The Bertz CT molecular complexity index is 534. The van der Waals surface area contributed by atoms with Crippen LogP contribution in [0.2, 0.25) is 0 Å². The number of likely N-dealkylation sites (tertiary alicyclic amines) is 1. The Morgan fingerprint density at radius 2 is 1.91 bits per heavy atom. The van der Waals surface area contributed by atoms with Crippen LogP contribution in [0.5, 0.6) is 0 Å². The van der Waals surface area contributed by atoms with Crippen LogP contribution in [0.15, 0.2) is 24.3 Å². The molecule has 0 amide bonds. The quantitative estimate of drug-likeness (QED) is 0.563. The number of carbonyl (C=O) groups excluding carboxylic acids is 1. The minimum atomic E-state index is 0.165. The second kappa shape index (κ2) is 8.84. The van der Waals surface area contributed by atoms with Crippen LogP contribution in [0.25, 0.3) is 0 Å². The van der Waals surface area contributed by atoms with E-state index in [-0.39, 0.29) is 5.92 Å².